The zero-order chi connectivity index (χ0) is 23.0. The highest BCUT2D eigenvalue weighted by Gasteiger charge is 2.23. The van der Waals surface area contributed by atoms with Crippen LogP contribution in [0.5, 0.6) is 0 Å². The van der Waals surface area contributed by atoms with E-state index in [2.05, 4.69) is 37.4 Å². The fourth-order valence-electron chi connectivity index (χ4n) is 3.54. The van der Waals surface area contributed by atoms with Crippen molar-refractivity contribution in [3.05, 3.63) is 61.5 Å². The van der Waals surface area contributed by atoms with Gasteiger partial charge in [0.15, 0.2) is 10.1 Å². The third-order valence-electron chi connectivity index (χ3n) is 5.25. The molecule has 0 saturated carbocycles. The Morgan fingerprint density at radius 2 is 2.00 bits per heavy atom. The van der Waals surface area contributed by atoms with Crippen molar-refractivity contribution < 1.29 is 4.79 Å². The maximum absolute atomic E-state index is 13.0. The van der Waals surface area contributed by atoms with Gasteiger partial charge in [-0.3, -0.25) is 9.59 Å². The maximum atomic E-state index is 13.0. The van der Waals surface area contributed by atoms with Crippen LogP contribution in [0.15, 0.2) is 32.7 Å². The van der Waals surface area contributed by atoms with Gasteiger partial charge in [-0.05, 0) is 37.8 Å². The van der Waals surface area contributed by atoms with Crippen LogP contribution in [-0.4, -0.2) is 35.9 Å². The molecule has 4 rings (SSSR count). The fraction of sp³-hybridized carbons (Fsp3) is 0.409. The van der Waals surface area contributed by atoms with Gasteiger partial charge >= 0.3 is 0 Å². The van der Waals surface area contributed by atoms with Crippen molar-refractivity contribution >= 4 is 45.2 Å². The molecule has 0 radical (unpaired) electrons. The van der Waals surface area contributed by atoms with Gasteiger partial charge in [0.1, 0.15) is 5.69 Å². The number of carbonyl (C=O) groups is 1. The van der Waals surface area contributed by atoms with Crippen molar-refractivity contribution in [3.63, 3.8) is 0 Å². The summed E-state index contributed by atoms with van der Waals surface area (Å²) in [6, 6.07) is 6.17. The number of fused-ring (bicyclic) bond motifs is 1. The maximum Gasteiger partial charge on any atom is 0.297 e. The van der Waals surface area contributed by atoms with E-state index in [0.29, 0.717) is 15.0 Å². The van der Waals surface area contributed by atoms with Crippen molar-refractivity contribution in [1.82, 2.24) is 24.4 Å². The second-order valence-corrected chi connectivity index (χ2v) is 11.9. The Balaban J connectivity index is 1.48. The van der Waals surface area contributed by atoms with Crippen molar-refractivity contribution in [1.29, 1.82) is 0 Å². The molecule has 0 aliphatic rings. The first-order valence-electron chi connectivity index (χ1n) is 10.3. The predicted molar refractivity (Wildman–Crippen MR) is 131 cm³/mol. The van der Waals surface area contributed by atoms with E-state index in [1.54, 1.807) is 11.3 Å². The number of Topliss-reactive ketones (excluding diaryl/α,β-unsaturated/α-hetero) is 1. The van der Waals surface area contributed by atoms with E-state index >= 15 is 0 Å². The fourth-order valence-corrected chi connectivity index (χ4v) is 5.99. The minimum absolute atomic E-state index is 0.0542. The smallest absolute Gasteiger partial charge is 0.297 e. The SMILES string of the molecule is Cc1cc(C(=O)CSc2nn3c(=O)c(C(C)(C)C)nnc3s2)c(C)n1CCc1cccs1. The van der Waals surface area contributed by atoms with E-state index < -0.39 is 5.41 Å². The second-order valence-electron chi connectivity index (χ2n) is 8.64. The van der Waals surface area contributed by atoms with Crippen molar-refractivity contribution in [2.45, 2.75) is 57.3 Å². The predicted octanol–water partition coefficient (Wildman–Crippen LogP) is 4.54. The molecule has 0 aromatic carbocycles. The number of hydrogen-bond donors (Lipinski definition) is 0. The minimum atomic E-state index is -0.412. The number of aryl methyl sites for hydroxylation is 2. The molecular formula is C22H25N5O2S3. The largest absolute Gasteiger partial charge is 0.348 e. The van der Waals surface area contributed by atoms with Gasteiger partial charge in [-0.1, -0.05) is 49.9 Å². The van der Waals surface area contributed by atoms with Crippen LogP contribution in [0.1, 0.15) is 53.1 Å². The summed E-state index contributed by atoms with van der Waals surface area (Å²) in [5.74, 6) is 0.308. The van der Waals surface area contributed by atoms with Crippen LogP contribution in [0.3, 0.4) is 0 Å². The van der Waals surface area contributed by atoms with E-state index in [1.165, 1.54) is 32.5 Å². The standard InChI is InChI=1S/C22H25N5O2S3/c1-13-11-16(14(2)26(13)9-8-15-7-6-10-30-15)17(28)12-31-21-25-27-19(29)18(22(3,4)5)23-24-20(27)32-21/h6-7,10-11H,8-9,12H2,1-5H3. The lowest BCUT2D eigenvalue weighted by atomic mass is 9.93. The van der Waals surface area contributed by atoms with Gasteiger partial charge in [-0.2, -0.15) is 4.52 Å². The van der Waals surface area contributed by atoms with Crippen LogP contribution in [0.4, 0.5) is 0 Å². The number of ketones is 1. The Morgan fingerprint density at radius 3 is 2.69 bits per heavy atom. The van der Waals surface area contributed by atoms with Gasteiger partial charge in [0.05, 0.1) is 5.75 Å². The van der Waals surface area contributed by atoms with Crippen molar-refractivity contribution in [3.8, 4) is 0 Å². The molecule has 0 aliphatic carbocycles. The summed E-state index contributed by atoms with van der Waals surface area (Å²) < 4.78 is 4.13. The van der Waals surface area contributed by atoms with E-state index in [1.807, 2.05) is 40.7 Å². The third-order valence-corrected chi connectivity index (χ3v) is 8.21. The molecule has 0 N–H and O–H groups in total. The lowest BCUT2D eigenvalue weighted by molar-refractivity contribution is 0.102. The quantitative estimate of drug-likeness (QED) is 0.281. The summed E-state index contributed by atoms with van der Waals surface area (Å²) in [7, 11) is 0. The van der Waals surface area contributed by atoms with E-state index in [-0.39, 0.29) is 17.1 Å². The average Bonchev–Trinajstić information content (AvgIpc) is 3.44. The zero-order valence-electron chi connectivity index (χ0n) is 18.7. The van der Waals surface area contributed by atoms with Crippen molar-refractivity contribution in [2.75, 3.05) is 5.75 Å². The van der Waals surface area contributed by atoms with Gasteiger partial charge in [-0.15, -0.1) is 26.6 Å². The molecule has 7 nitrogen and oxygen atoms in total. The second kappa shape index (κ2) is 8.92. The molecule has 10 heteroatoms. The highest BCUT2D eigenvalue weighted by Crippen LogP contribution is 2.26. The third kappa shape index (κ3) is 4.57. The lowest BCUT2D eigenvalue weighted by Crippen LogP contribution is -2.30. The summed E-state index contributed by atoms with van der Waals surface area (Å²) >= 11 is 4.36. The molecule has 0 spiro atoms. The molecule has 0 amide bonds. The molecule has 0 fully saturated rings. The molecule has 0 unspecified atom stereocenters. The summed E-state index contributed by atoms with van der Waals surface area (Å²) in [5.41, 5.74) is 2.53. The lowest BCUT2D eigenvalue weighted by Gasteiger charge is -2.14. The summed E-state index contributed by atoms with van der Waals surface area (Å²) in [6.45, 7) is 10.7. The molecule has 4 aromatic rings. The van der Waals surface area contributed by atoms with Crippen LogP contribution in [0.2, 0.25) is 0 Å². The van der Waals surface area contributed by atoms with E-state index in [4.69, 9.17) is 0 Å². The Kier molecular flexibility index (Phi) is 6.37. The summed E-state index contributed by atoms with van der Waals surface area (Å²) in [5, 5.41) is 14.7. The highest BCUT2D eigenvalue weighted by atomic mass is 32.2. The van der Waals surface area contributed by atoms with Gasteiger partial charge in [0, 0.05) is 33.8 Å². The topological polar surface area (TPSA) is 82.2 Å². The Hall–Kier alpha value is -2.30. The van der Waals surface area contributed by atoms with Crippen molar-refractivity contribution in [2.24, 2.45) is 0 Å². The number of rotatable bonds is 7. The first-order valence-corrected chi connectivity index (χ1v) is 13.0. The number of aromatic nitrogens is 5. The summed E-state index contributed by atoms with van der Waals surface area (Å²) in [4.78, 5) is 27.4. The Labute approximate surface area is 198 Å². The summed E-state index contributed by atoms with van der Waals surface area (Å²) in [6.07, 6.45) is 0.953. The zero-order valence-corrected chi connectivity index (χ0v) is 21.2. The van der Waals surface area contributed by atoms with Crippen LogP contribution in [0.25, 0.3) is 4.96 Å². The molecule has 32 heavy (non-hydrogen) atoms. The van der Waals surface area contributed by atoms with Gasteiger partial charge in [-0.25, -0.2) is 0 Å². The first kappa shape index (κ1) is 22.9. The van der Waals surface area contributed by atoms with Crippen LogP contribution < -0.4 is 5.56 Å². The van der Waals surface area contributed by atoms with E-state index in [9.17, 15) is 9.59 Å². The number of thioether (sulfide) groups is 1. The number of thiophene rings is 1. The average molecular weight is 488 g/mol. The highest BCUT2D eigenvalue weighted by molar-refractivity contribution is 8.01. The molecule has 0 atom stereocenters. The Bertz CT molecular complexity index is 1330. The number of hydrogen-bond acceptors (Lipinski definition) is 8. The minimum Gasteiger partial charge on any atom is -0.348 e. The van der Waals surface area contributed by atoms with Gasteiger partial charge in [0.2, 0.25) is 4.96 Å². The molecule has 0 bridgehead atoms. The molecule has 4 aromatic heterocycles. The molecule has 4 heterocycles. The Morgan fingerprint density at radius 1 is 1.22 bits per heavy atom. The van der Waals surface area contributed by atoms with Crippen LogP contribution >= 0.6 is 34.4 Å². The number of carbonyl (C=O) groups excluding carboxylic acids is 1. The molecular weight excluding hydrogens is 462 g/mol. The normalized spacial score (nSPS) is 12.0. The van der Waals surface area contributed by atoms with Gasteiger partial charge in [0.25, 0.3) is 5.56 Å². The first-order chi connectivity index (χ1) is 15.1. The number of nitrogens with zero attached hydrogens (tertiary/aromatic N) is 5. The molecule has 168 valence electrons. The monoisotopic (exact) mass is 487 g/mol. The van der Waals surface area contributed by atoms with E-state index in [0.717, 1.165) is 29.9 Å². The van der Waals surface area contributed by atoms with Crippen LogP contribution in [0, 0.1) is 13.8 Å². The molecule has 0 saturated heterocycles. The molecule has 0 aliphatic heterocycles. The van der Waals surface area contributed by atoms with Gasteiger partial charge < -0.3 is 4.57 Å². The van der Waals surface area contributed by atoms with Crippen LogP contribution in [-0.2, 0) is 18.4 Å².